The van der Waals surface area contributed by atoms with E-state index in [4.69, 9.17) is 4.42 Å². The van der Waals surface area contributed by atoms with Gasteiger partial charge >= 0.3 is 5.76 Å². The van der Waals surface area contributed by atoms with Crippen LogP contribution in [0.4, 0.5) is 0 Å². The van der Waals surface area contributed by atoms with Gasteiger partial charge in [0.1, 0.15) is 0 Å². The molecule has 4 heteroatoms. The average molecular weight is 262 g/mol. The SMILES string of the molecule is CCCCC(NC)c1ccc2c(c1)oc(=O)n2CC. The van der Waals surface area contributed by atoms with E-state index in [2.05, 4.69) is 18.3 Å². The number of rotatable bonds is 6. The van der Waals surface area contributed by atoms with E-state index >= 15 is 0 Å². The summed E-state index contributed by atoms with van der Waals surface area (Å²) in [6.07, 6.45) is 3.46. The van der Waals surface area contributed by atoms with Gasteiger partial charge in [-0.1, -0.05) is 25.8 Å². The van der Waals surface area contributed by atoms with Crippen LogP contribution < -0.4 is 11.1 Å². The first-order valence-electron chi connectivity index (χ1n) is 7.01. The van der Waals surface area contributed by atoms with Crippen LogP contribution in [0.3, 0.4) is 0 Å². The zero-order valence-corrected chi connectivity index (χ0v) is 11.9. The lowest BCUT2D eigenvalue weighted by molar-refractivity contribution is 0.508. The van der Waals surface area contributed by atoms with Crippen molar-refractivity contribution in [2.75, 3.05) is 7.05 Å². The molecule has 0 bridgehead atoms. The van der Waals surface area contributed by atoms with Crippen molar-refractivity contribution in [3.8, 4) is 0 Å². The van der Waals surface area contributed by atoms with Crippen molar-refractivity contribution in [3.63, 3.8) is 0 Å². The highest BCUT2D eigenvalue weighted by atomic mass is 16.4. The molecule has 0 radical (unpaired) electrons. The fourth-order valence-electron chi connectivity index (χ4n) is 2.49. The lowest BCUT2D eigenvalue weighted by atomic mass is 10.0. The molecule has 1 aromatic heterocycles. The first kappa shape index (κ1) is 13.9. The fraction of sp³-hybridized carbons (Fsp3) is 0.533. The van der Waals surface area contributed by atoms with Crippen molar-refractivity contribution >= 4 is 11.1 Å². The number of nitrogens with zero attached hydrogens (tertiary/aromatic N) is 1. The van der Waals surface area contributed by atoms with Crippen LogP contribution in [0.2, 0.25) is 0 Å². The van der Waals surface area contributed by atoms with Gasteiger partial charge in [-0.2, -0.15) is 0 Å². The van der Waals surface area contributed by atoms with Gasteiger partial charge in [-0.15, -0.1) is 0 Å². The van der Waals surface area contributed by atoms with Crippen LogP contribution in [0.5, 0.6) is 0 Å². The van der Waals surface area contributed by atoms with Gasteiger partial charge in [0.15, 0.2) is 5.58 Å². The van der Waals surface area contributed by atoms with E-state index < -0.39 is 0 Å². The lowest BCUT2D eigenvalue weighted by Gasteiger charge is -2.16. The van der Waals surface area contributed by atoms with Crippen molar-refractivity contribution in [3.05, 3.63) is 34.3 Å². The molecule has 0 aliphatic carbocycles. The Hall–Kier alpha value is -1.55. The maximum atomic E-state index is 11.7. The largest absolute Gasteiger partial charge is 0.419 e. The minimum atomic E-state index is -0.274. The number of unbranched alkanes of at least 4 members (excludes halogenated alkanes) is 1. The van der Waals surface area contributed by atoms with E-state index in [1.54, 1.807) is 4.57 Å². The molecule has 0 spiro atoms. The smallest absolute Gasteiger partial charge is 0.408 e. The van der Waals surface area contributed by atoms with Crippen molar-refractivity contribution in [1.82, 2.24) is 9.88 Å². The van der Waals surface area contributed by atoms with E-state index in [1.807, 2.05) is 26.1 Å². The molecule has 1 N–H and O–H groups in total. The van der Waals surface area contributed by atoms with E-state index in [-0.39, 0.29) is 5.76 Å². The van der Waals surface area contributed by atoms with Crippen LogP contribution in [0.15, 0.2) is 27.4 Å². The normalized spacial score (nSPS) is 13.0. The van der Waals surface area contributed by atoms with Gasteiger partial charge in [0.25, 0.3) is 0 Å². The molecule has 1 aromatic carbocycles. The number of aromatic nitrogens is 1. The van der Waals surface area contributed by atoms with Gasteiger partial charge in [-0.05, 0) is 38.1 Å². The maximum Gasteiger partial charge on any atom is 0.419 e. The first-order chi connectivity index (χ1) is 9.21. The second-order valence-electron chi connectivity index (χ2n) is 4.82. The van der Waals surface area contributed by atoms with Crippen molar-refractivity contribution in [2.24, 2.45) is 0 Å². The number of hydrogen-bond donors (Lipinski definition) is 1. The molecule has 0 saturated heterocycles. The molecular formula is C15H22N2O2. The first-order valence-corrected chi connectivity index (χ1v) is 7.01. The highest BCUT2D eigenvalue weighted by Gasteiger charge is 2.13. The van der Waals surface area contributed by atoms with Gasteiger partial charge in [-0.3, -0.25) is 4.57 Å². The molecule has 2 aromatic rings. The Bertz CT molecular complexity index is 598. The van der Waals surface area contributed by atoms with E-state index in [1.165, 1.54) is 18.4 Å². The van der Waals surface area contributed by atoms with E-state index in [9.17, 15) is 4.79 Å². The Morgan fingerprint density at radius 2 is 2.16 bits per heavy atom. The summed E-state index contributed by atoms with van der Waals surface area (Å²) < 4.78 is 6.96. The predicted octanol–water partition coefficient (Wildman–Crippen LogP) is 3.07. The number of benzene rings is 1. The van der Waals surface area contributed by atoms with E-state index in [0.29, 0.717) is 18.2 Å². The predicted molar refractivity (Wildman–Crippen MR) is 77.5 cm³/mol. The summed E-state index contributed by atoms with van der Waals surface area (Å²) in [6, 6.07) is 6.37. The van der Waals surface area contributed by atoms with Crippen molar-refractivity contribution < 1.29 is 4.42 Å². The monoisotopic (exact) mass is 262 g/mol. The lowest BCUT2D eigenvalue weighted by Crippen LogP contribution is -2.16. The number of aryl methyl sites for hydroxylation is 1. The number of hydrogen-bond acceptors (Lipinski definition) is 3. The molecular weight excluding hydrogens is 240 g/mol. The van der Waals surface area contributed by atoms with Gasteiger partial charge in [0.05, 0.1) is 5.52 Å². The zero-order valence-electron chi connectivity index (χ0n) is 11.9. The zero-order chi connectivity index (χ0) is 13.8. The van der Waals surface area contributed by atoms with Gasteiger partial charge in [-0.25, -0.2) is 4.79 Å². The van der Waals surface area contributed by atoms with Gasteiger partial charge in [0.2, 0.25) is 0 Å². The van der Waals surface area contributed by atoms with Crippen LogP contribution in [0, 0.1) is 0 Å². The molecule has 1 heterocycles. The molecule has 2 rings (SSSR count). The van der Waals surface area contributed by atoms with Gasteiger partial charge in [0, 0.05) is 12.6 Å². The molecule has 0 fully saturated rings. The Morgan fingerprint density at radius 3 is 2.79 bits per heavy atom. The number of oxazole rings is 1. The summed E-state index contributed by atoms with van der Waals surface area (Å²) in [7, 11) is 1.97. The molecule has 104 valence electrons. The van der Waals surface area contributed by atoms with Crippen LogP contribution >= 0.6 is 0 Å². The fourth-order valence-corrected chi connectivity index (χ4v) is 2.49. The molecule has 0 amide bonds. The highest BCUT2D eigenvalue weighted by molar-refractivity contribution is 5.73. The summed E-state index contributed by atoms with van der Waals surface area (Å²) in [5, 5.41) is 3.33. The van der Waals surface area contributed by atoms with E-state index in [0.717, 1.165) is 11.9 Å². The minimum Gasteiger partial charge on any atom is -0.408 e. The molecule has 4 nitrogen and oxygen atoms in total. The Kier molecular flexibility index (Phi) is 4.43. The molecule has 0 aliphatic heterocycles. The number of nitrogens with one attached hydrogen (secondary N) is 1. The second-order valence-corrected chi connectivity index (χ2v) is 4.82. The minimum absolute atomic E-state index is 0.274. The second kappa shape index (κ2) is 6.06. The standard InChI is InChI=1S/C15H22N2O2/c1-4-6-7-12(16-3)11-8-9-13-14(10-11)19-15(18)17(13)5-2/h8-10,12,16H,4-7H2,1-3H3. The van der Waals surface area contributed by atoms with Crippen LogP contribution in [0.1, 0.15) is 44.7 Å². The summed E-state index contributed by atoms with van der Waals surface area (Å²) >= 11 is 0. The molecule has 1 unspecified atom stereocenters. The Balaban J connectivity index is 2.38. The molecule has 19 heavy (non-hydrogen) atoms. The Labute approximate surface area is 113 Å². The third-order valence-electron chi connectivity index (χ3n) is 3.61. The highest BCUT2D eigenvalue weighted by Crippen LogP contribution is 2.23. The third kappa shape index (κ3) is 2.73. The third-order valence-corrected chi connectivity index (χ3v) is 3.61. The average Bonchev–Trinajstić information content (AvgIpc) is 2.74. The summed E-state index contributed by atoms with van der Waals surface area (Å²) in [5.41, 5.74) is 2.74. The molecule has 0 aliphatic rings. The summed E-state index contributed by atoms with van der Waals surface area (Å²) in [6.45, 7) is 4.77. The Morgan fingerprint density at radius 1 is 1.37 bits per heavy atom. The van der Waals surface area contributed by atoms with Crippen LogP contribution in [0.25, 0.3) is 11.1 Å². The topological polar surface area (TPSA) is 47.2 Å². The van der Waals surface area contributed by atoms with Crippen LogP contribution in [-0.2, 0) is 6.54 Å². The molecule has 0 saturated carbocycles. The van der Waals surface area contributed by atoms with Crippen molar-refractivity contribution in [2.45, 2.75) is 45.7 Å². The summed E-state index contributed by atoms with van der Waals surface area (Å²) in [4.78, 5) is 11.7. The van der Waals surface area contributed by atoms with Gasteiger partial charge < -0.3 is 9.73 Å². The van der Waals surface area contributed by atoms with Crippen LogP contribution in [-0.4, -0.2) is 11.6 Å². The quantitative estimate of drug-likeness (QED) is 0.870. The maximum absolute atomic E-state index is 11.7. The number of fused-ring (bicyclic) bond motifs is 1. The summed E-state index contributed by atoms with van der Waals surface area (Å²) in [5.74, 6) is -0.274. The van der Waals surface area contributed by atoms with Crippen molar-refractivity contribution in [1.29, 1.82) is 0 Å². The molecule has 1 atom stereocenters.